The monoisotopic (exact) mass is 345 g/mol. The maximum Gasteiger partial charge on any atom is 0.255 e. The molecule has 1 atom stereocenters. The lowest BCUT2D eigenvalue weighted by molar-refractivity contribution is 0.0936. The van der Waals surface area contributed by atoms with Crippen LogP contribution in [0.4, 0.5) is 0 Å². The molecule has 0 saturated heterocycles. The van der Waals surface area contributed by atoms with Crippen molar-refractivity contribution in [1.82, 2.24) is 15.1 Å². The third-order valence-electron chi connectivity index (χ3n) is 4.96. The predicted octanol–water partition coefficient (Wildman–Crippen LogP) is 4.38. The lowest BCUT2D eigenvalue weighted by Crippen LogP contribution is -2.34. The van der Waals surface area contributed by atoms with Gasteiger partial charge in [0.05, 0.1) is 11.3 Å². The average molecular weight is 345 g/mol. The molecule has 4 nitrogen and oxygen atoms in total. The van der Waals surface area contributed by atoms with Gasteiger partial charge < -0.3 is 5.32 Å². The van der Waals surface area contributed by atoms with E-state index in [0.717, 1.165) is 22.5 Å². The molecule has 4 heteroatoms. The van der Waals surface area contributed by atoms with Gasteiger partial charge in [0.25, 0.3) is 5.91 Å². The highest BCUT2D eigenvalue weighted by Crippen LogP contribution is 2.33. The van der Waals surface area contributed by atoms with Gasteiger partial charge in [-0.1, -0.05) is 42.0 Å². The Balaban J connectivity index is 1.74. The molecule has 3 aromatic rings. The molecule has 26 heavy (non-hydrogen) atoms. The summed E-state index contributed by atoms with van der Waals surface area (Å²) in [6, 6.07) is 18.2. The Morgan fingerprint density at radius 3 is 2.62 bits per heavy atom. The van der Waals surface area contributed by atoms with Gasteiger partial charge in [0, 0.05) is 17.8 Å². The standard InChI is InChI=1S/C22H23N3O/c1-15-7-6-8-18(13-15)21-20(22(26)23-16(2)17-11-12-17)14-25(24-21)19-9-4-3-5-10-19/h3-10,13-14,16-17H,11-12H2,1-2H3,(H,23,26). The molecule has 1 fully saturated rings. The maximum atomic E-state index is 12.9. The molecule has 1 aromatic heterocycles. The number of hydrogen-bond acceptors (Lipinski definition) is 2. The molecule has 1 N–H and O–H groups in total. The molecule has 1 unspecified atom stereocenters. The molecule has 1 heterocycles. The second-order valence-corrected chi connectivity index (χ2v) is 7.14. The number of aromatic nitrogens is 2. The summed E-state index contributed by atoms with van der Waals surface area (Å²) < 4.78 is 1.79. The SMILES string of the molecule is Cc1cccc(-c2nn(-c3ccccc3)cc2C(=O)NC(C)C2CC2)c1. The first-order valence-corrected chi connectivity index (χ1v) is 9.15. The van der Waals surface area contributed by atoms with E-state index in [1.165, 1.54) is 12.8 Å². The Kier molecular flexibility index (Phi) is 4.33. The maximum absolute atomic E-state index is 12.9. The van der Waals surface area contributed by atoms with Gasteiger partial charge in [-0.15, -0.1) is 0 Å². The van der Waals surface area contributed by atoms with E-state index < -0.39 is 0 Å². The molecule has 132 valence electrons. The second-order valence-electron chi connectivity index (χ2n) is 7.14. The molecule has 1 saturated carbocycles. The average Bonchev–Trinajstić information content (AvgIpc) is 3.40. The van der Waals surface area contributed by atoms with Crippen molar-refractivity contribution >= 4 is 5.91 Å². The highest BCUT2D eigenvalue weighted by atomic mass is 16.1. The van der Waals surface area contributed by atoms with Crippen molar-refractivity contribution < 1.29 is 4.79 Å². The van der Waals surface area contributed by atoms with Crippen molar-refractivity contribution in [1.29, 1.82) is 0 Å². The number of hydrogen-bond donors (Lipinski definition) is 1. The fourth-order valence-corrected chi connectivity index (χ4v) is 3.26. The molecule has 0 bridgehead atoms. The zero-order valence-corrected chi connectivity index (χ0v) is 15.1. The minimum atomic E-state index is -0.0527. The Morgan fingerprint density at radius 2 is 1.92 bits per heavy atom. The van der Waals surface area contributed by atoms with Gasteiger partial charge in [0.1, 0.15) is 5.69 Å². The molecule has 1 aliphatic carbocycles. The molecule has 0 aliphatic heterocycles. The number of nitrogens with one attached hydrogen (secondary N) is 1. The number of carbonyl (C=O) groups excluding carboxylic acids is 1. The Hall–Kier alpha value is -2.88. The molecule has 1 amide bonds. The van der Waals surface area contributed by atoms with Crippen LogP contribution in [0.3, 0.4) is 0 Å². The van der Waals surface area contributed by atoms with Gasteiger partial charge in [-0.3, -0.25) is 4.79 Å². The zero-order chi connectivity index (χ0) is 18.1. The van der Waals surface area contributed by atoms with Crippen LogP contribution >= 0.6 is 0 Å². The minimum Gasteiger partial charge on any atom is -0.349 e. The Bertz CT molecular complexity index is 926. The van der Waals surface area contributed by atoms with Gasteiger partial charge in [-0.05, 0) is 50.8 Å². The van der Waals surface area contributed by atoms with E-state index in [-0.39, 0.29) is 11.9 Å². The lowest BCUT2D eigenvalue weighted by Gasteiger charge is -2.12. The van der Waals surface area contributed by atoms with Gasteiger partial charge in [0.2, 0.25) is 0 Å². The van der Waals surface area contributed by atoms with Crippen molar-refractivity contribution in [3.05, 3.63) is 71.9 Å². The molecule has 2 aromatic carbocycles. The summed E-state index contributed by atoms with van der Waals surface area (Å²) in [4.78, 5) is 12.9. The van der Waals surface area contributed by atoms with E-state index in [4.69, 9.17) is 5.10 Å². The molecular formula is C22H23N3O. The van der Waals surface area contributed by atoms with Crippen molar-refractivity contribution in [3.8, 4) is 16.9 Å². The lowest BCUT2D eigenvalue weighted by atomic mass is 10.0. The number of aryl methyl sites for hydroxylation is 1. The molecular weight excluding hydrogens is 322 g/mol. The van der Waals surface area contributed by atoms with E-state index in [1.54, 1.807) is 4.68 Å². The zero-order valence-electron chi connectivity index (χ0n) is 15.1. The molecule has 4 rings (SSSR count). The summed E-state index contributed by atoms with van der Waals surface area (Å²) in [6.45, 7) is 4.14. The van der Waals surface area contributed by atoms with Crippen LogP contribution in [0.25, 0.3) is 16.9 Å². The van der Waals surface area contributed by atoms with Gasteiger partial charge in [-0.25, -0.2) is 4.68 Å². The fraction of sp³-hybridized carbons (Fsp3) is 0.273. The first-order valence-electron chi connectivity index (χ1n) is 9.15. The third kappa shape index (κ3) is 3.40. The van der Waals surface area contributed by atoms with Crippen molar-refractivity contribution in [2.24, 2.45) is 5.92 Å². The van der Waals surface area contributed by atoms with E-state index >= 15 is 0 Å². The quantitative estimate of drug-likeness (QED) is 0.746. The molecule has 1 aliphatic rings. The topological polar surface area (TPSA) is 46.9 Å². The number of benzene rings is 2. The third-order valence-corrected chi connectivity index (χ3v) is 4.96. The summed E-state index contributed by atoms with van der Waals surface area (Å²) in [5.74, 6) is 0.564. The van der Waals surface area contributed by atoms with Crippen molar-refractivity contribution in [2.45, 2.75) is 32.7 Å². The van der Waals surface area contributed by atoms with Crippen LogP contribution in [-0.2, 0) is 0 Å². The second kappa shape index (κ2) is 6.79. The number of nitrogens with zero attached hydrogens (tertiary/aromatic N) is 2. The van der Waals surface area contributed by atoms with Gasteiger partial charge in [0.15, 0.2) is 0 Å². The molecule has 0 radical (unpaired) electrons. The van der Waals surface area contributed by atoms with Crippen LogP contribution < -0.4 is 5.32 Å². The Morgan fingerprint density at radius 1 is 1.15 bits per heavy atom. The van der Waals surface area contributed by atoms with Crippen molar-refractivity contribution in [2.75, 3.05) is 0 Å². The molecule has 0 spiro atoms. The smallest absolute Gasteiger partial charge is 0.255 e. The van der Waals surface area contributed by atoms with Crippen LogP contribution in [0.15, 0.2) is 60.8 Å². The van der Waals surface area contributed by atoms with E-state index in [2.05, 4.69) is 18.3 Å². The Labute approximate surface area is 153 Å². The summed E-state index contributed by atoms with van der Waals surface area (Å²) >= 11 is 0. The normalized spacial score (nSPS) is 14.8. The largest absolute Gasteiger partial charge is 0.349 e. The van der Waals surface area contributed by atoms with Crippen LogP contribution in [0.5, 0.6) is 0 Å². The first-order chi connectivity index (χ1) is 12.6. The number of rotatable bonds is 5. The number of amides is 1. The summed E-state index contributed by atoms with van der Waals surface area (Å²) in [6.07, 6.45) is 4.24. The van der Waals surface area contributed by atoms with Crippen LogP contribution in [0, 0.1) is 12.8 Å². The minimum absolute atomic E-state index is 0.0527. The number of para-hydroxylation sites is 1. The summed E-state index contributed by atoms with van der Waals surface area (Å²) in [5.41, 5.74) is 4.39. The van der Waals surface area contributed by atoms with E-state index in [1.807, 2.05) is 61.7 Å². The number of carbonyl (C=O) groups is 1. The van der Waals surface area contributed by atoms with Gasteiger partial charge in [-0.2, -0.15) is 5.10 Å². The summed E-state index contributed by atoms with van der Waals surface area (Å²) in [7, 11) is 0. The van der Waals surface area contributed by atoms with Crippen LogP contribution in [0.2, 0.25) is 0 Å². The van der Waals surface area contributed by atoms with Crippen molar-refractivity contribution in [3.63, 3.8) is 0 Å². The fourth-order valence-electron chi connectivity index (χ4n) is 3.26. The first kappa shape index (κ1) is 16.6. The highest BCUT2D eigenvalue weighted by Gasteiger charge is 2.30. The van der Waals surface area contributed by atoms with E-state index in [0.29, 0.717) is 11.5 Å². The van der Waals surface area contributed by atoms with Crippen LogP contribution in [0.1, 0.15) is 35.7 Å². The van der Waals surface area contributed by atoms with E-state index in [9.17, 15) is 4.79 Å². The van der Waals surface area contributed by atoms with Gasteiger partial charge >= 0.3 is 0 Å². The predicted molar refractivity (Wildman–Crippen MR) is 103 cm³/mol. The summed E-state index contributed by atoms with van der Waals surface area (Å²) in [5, 5.41) is 7.89. The highest BCUT2D eigenvalue weighted by molar-refractivity contribution is 6.00. The van der Waals surface area contributed by atoms with Crippen LogP contribution in [-0.4, -0.2) is 21.7 Å².